The lowest BCUT2D eigenvalue weighted by Crippen LogP contribution is -2.53. The second kappa shape index (κ2) is 4.96. The van der Waals surface area contributed by atoms with Gasteiger partial charge >= 0.3 is 0 Å². The van der Waals surface area contributed by atoms with Gasteiger partial charge in [-0.15, -0.1) is 0 Å². The highest BCUT2D eigenvalue weighted by Gasteiger charge is 2.54. The molecule has 4 bridgehead atoms. The number of rotatable bonds is 1. The number of hydrogen-bond acceptors (Lipinski definition) is 2. The molecule has 1 N–H and O–H groups in total. The maximum Gasteiger partial charge on any atom is 0.230 e. The van der Waals surface area contributed by atoms with Crippen LogP contribution in [0.25, 0.3) is 0 Å². The highest BCUT2D eigenvalue weighted by molar-refractivity contribution is 5.84. The second-order valence-electron chi connectivity index (χ2n) is 9.12. The average Bonchev–Trinajstić information content (AvgIpc) is 2.86. The van der Waals surface area contributed by atoms with Crippen LogP contribution in [0.2, 0.25) is 0 Å². The van der Waals surface area contributed by atoms with E-state index in [1.54, 1.807) is 0 Å². The zero-order chi connectivity index (χ0) is 14.7. The molecule has 3 aliphatic carbocycles. The van der Waals surface area contributed by atoms with Crippen LogP contribution in [0.1, 0.15) is 57.8 Å². The molecule has 3 saturated heterocycles. The van der Waals surface area contributed by atoms with Crippen LogP contribution in [0.5, 0.6) is 0 Å². The number of carbonyl (C=O) groups is 1. The first kappa shape index (κ1) is 13.8. The third-order valence-electron chi connectivity index (χ3n) is 7.83. The molecule has 6 fully saturated rings. The standard InChI is InChI=1S/C19H30N2O/c22-18(19-4-2-1-3-16(19)10-20-12-19)21-11-15-6-13-5-14(7-15)9-17(21)8-13/h13-17,20H,1-12H2/t13?,14?,15?,16-,17?,19+/m0/s1. The van der Waals surface area contributed by atoms with E-state index in [1.165, 1.54) is 51.4 Å². The molecule has 3 heterocycles. The Morgan fingerprint density at radius 3 is 2.59 bits per heavy atom. The van der Waals surface area contributed by atoms with E-state index in [9.17, 15) is 4.79 Å². The number of amides is 1. The Morgan fingerprint density at radius 2 is 1.77 bits per heavy atom. The summed E-state index contributed by atoms with van der Waals surface area (Å²) in [6.45, 7) is 3.13. The lowest BCUT2D eigenvalue weighted by molar-refractivity contribution is -0.148. The van der Waals surface area contributed by atoms with Crippen molar-refractivity contribution in [3.8, 4) is 0 Å². The predicted octanol–water partition coefficient (Wildman–Crippen LogP) is 2.80. The number of hydrogen-bond donors (Lipinski definition) is 1. The van der Waals surface area contributed by atoms with E-state index < -0.39 is 0 Å². The van der Waals surface area contributed by atoms with Gasteiger partial charge in [-0.1, -0.05) is 12.8 Å². The summed E-state index contributed by atoms with van der Waals surface area (Å²) in [5, 5.41) is 3.57. The molecule has 6 aliphatic rings. The largest absolute Gasteiger partial charge is 0.339 e. The Morgan fingerprint density at radius 1 is 1.00 bits per heavy atom. The fraction of sp³-hybridized carbons (Fsp3) is 0.947. The third kappa shape index (κ3) is 1.93. The average molecular weight is 302 g/mol. The molecule has 3 aliphatic heterocycles. The number of nitrogens with one attached hydrogen (secondary N) is 1. The minimum absolute atomic E-state index is 0.0279. The van der Waals surface area contributed by atoms with Gasteiger partial charge in [-0.05, 0) is 75.2 Å². The van der Waals surface area contributed by atoms with Crippen molar-refractivity contribution in [2.75, 3.05) is 19.6 Å². The molecular weight excluding hydrogens is 272 g/mol. The van der Waals surface area contributed by atoms with Gasteiger partial charge in [-0.2, -0.15) is 0 Å². The number of carbonyl (C=O) groups excluding carboxylic acids is 1. The van der Waals surface area contributed by atoms with E-state index in [1.807, 2.05) is 0 Å². The van der Waals surface area contributed by atoms with Crippen molar-refractivity contribution in [1.82, 2.24) is 10.2 Å². The van der Waals surface area contributed by atoms with Gasteiger partial charge in [-0.25, -0.2) is 0 Å². The molecular formula is C19H30N2O. The zero-order valence-electron chi connectivity index (χ0n) is 13.7. The van der Waals surface area contributed by atoms with E-state index in [0.29, 0.717) is 17.9 Å². The lowest BCUT2D eigenvalue weighted by atomic mass is 9.67. The Labute approximate surface area is 134 Å². The molecule has 2 unspecified atom stereocenters. The Bertz CT molecular complexity index is 464. The van der Waals surface area contributed by atoms with Gasteiger partial charge in [0.25, 0.3) is 0 Å². The fourth-order valence-electron chi connectivity index (χ4n) is 6.99. The highest BCUT2D eigenvalue weighted by Crippen LogP contribution is 2.51. The molecule has 0 aromatic carbocycles. The molecule has 0 aromatic rings. The molecule has 122 valence electrons. The van der Waals surface area contributed by atoms with Gasteiger partial charge < -0.3 is 10.2 Å². The molecule has 0 aromatic heterocycles. The van der Waals surface area contributed by atoms with Crippen LogP contribution in [0.4, 0.5) is 0 Å². The molecule has 4 atom stereocenters. The molecule has 3 nitrogen and oxygen atoms in total. The van der Waals surface area contributed by atoms with Gasteiger partial charge in [0.15, 0.2) is 0 Å². The smallest absolute Gasteiger partial charge is 0.230 e. The summed E-state index contributed by atoms with van der Waals surface area (Å²) in [7, 11) is 0. The van der Waals surface area contributed by atoms with Crippen molar-refractivity contribution in [1.29, 1.82) is 0 Å². The Hall–Kier alpha value is -0.570. The Balaban J connectivity index is 1.45. The van der Waals surface area contributed by atoms with E-state index in [-0.39, 0.29) is 5.41 Å². The number of fused-ring (bicyclic) bond motifs is 2. The van der Waals surface area contributed by atoms with E-state index >= 15 is 0 Å². The normalized spacial score (nSPS) is 50.0. The van der Waals surface area contributed by atoms with Crippen LogP contribution in [0, 0.1) is 29.1 Å². The first-order chi connectivity index (χ1) is 10.7. The minimum atomic E-state index is -0.0279. The van der Waals surface area contributed by atoms with E-state index in [4.69, 9.17) is 0 Å². The third-order valence-corrected chi connectivity index (χ3v) is 7.83. The van der Waals surface area contributed by atoms with E-state index in [2.05, 4.69) is 10.2 Å². The zero-order valence-corrected chi connectivity index (χ0v) is 13.7. The summed E-state index contributed by atoms with van der Waals surface area (Å²) in [6, 6.07) is 0.585. The first-order valence-corrected chi connectivity index (χ1v) is 9.76. The van der Waals surface area contributed by atoms with Gasteiger partial charge in [0, 0.05) is 19.1 Å². The van der Waals surface area contributed by atoms with Crippen molar-refractivity contribution >= 4 is 5.91 Å². The van der Waals surface area contributed by atoms with Crippen molar-refractivity contribution in [2.45, 2.75) is 63.8 Å². The van der Waals surface area contributed by atoms with Crippen LogP contribution in [-0.2, 0) is 4.79 Å². The summed E-state index contributed by atoms with van der Waals surface area (Å²) in [6.07, 6.45) is 11.9. The fourth-order valence-corrected chi connectivity index (χ4v) is 6.99. The quantitative estimate of drug-likeness (QED) is 0.808. The lowest BCUT2D eigenvalue weighted by Gasteiger charge is -2.44. The molecule has 22 heavy (non-hydrogen) atoms. The summed E-state index contributed by atoms with van der Waals surface area (Å²) in [5.41, 5.74) is -0.0279. The SMILES string of the molecule is O=C(N1CC2CC3CC(C2)CC1C3)[C@@]12CCCC[C@H]1CNC2. The molecule has 0 spiro atoms. The first-order valence-electron chi connectivity index (χ1n) is 9.76. The van der Waals surface area contributed by atoms with Crippen LogP contribution in [0.3, 0.4) is 0 Å². The van der Waals surface area contributed by atoms with Crippen molar-refractivity contribution < 1.29 is 4.79 Å². The molecule has 6 rings (SSSR count). The van der Waals surface area contributed by atoms with Crippen molar-refractivity contribution in [3.05, 3.63) is 0 Å². The summed E-state index contributed by atoms with van der Waals surface area (Å²) in [4.78, 5) is 16.1. The van der Waals surface area contributed by atoms with Crippen molar-refractivity contribution in [2.24, 2.45) is 29.1 Å². The maximum absolute atomic E-state index is 13.7. The van der Waals surface area contributed by atoms with Crippen LogP contribution < -0.4 is 5.32 Å². The van der Waals surface area contributed by atoms with Crippen LogP contribution >= 0.6 is 0 Å². The minimum Gasteiger partial charge on any atom is -0.339 e. The summed E-state index contributed by atoms with van der Waals surface area (Å²) in [5.74, 6) is 3.85. The predicted molar refractivity (Wildman–Crippen MR) is 86.3 cm³/mol. The van der Waals surface area contributed by atoms with Crippen LogP contribution in [0.15, 0.2) is 0 Å². The summed E-state index contributed by atoms with van der Waals surface area (Å²) >= 11 is 0. The molecule has 3 saturated carbocycles. The van der Waals surface area contributed by atoms with Gasteiger partial charge in [0.05, 0.1) is 5.41 Å². The van der Waals surface area contributed by atoms with Crippen LogP contribution in [-0.4, -0.2) is 36.5 Å². The van der Waals surface area contributed by atoms with E-state index in [0.717, 1.165) is 43.8 Å². The summed E-state index contributed by atoms with van der Waals surface area (Å²) < 4.78 is 0. The number of nitrogens with zero attached hydrogens (tertiary/aromatic N) is 1. The van der Waals surface area contributed by atoms with Gasteiger partial charge in [0.2, 0.25) is 5.91 Å². The van der Waals surface area contributed by atoms with Gasteiger partial charge in [0.1, 0.15) is 0 Å². The Kier molecular flexibility index (Phi) is 3.12. The molecule has 1 amide bonds. The monoisotopic (exact) mass is 302 g/mol. The topological polar surface area (TPSA) is 32.3 Å². The van der Waals surface area contributed by atoms with Crippen molar-refractivity contribution in [3.63, 3.8) is 0 Å². The molecule has 0 radical (unpaired) electrons. The maximum atomic E-state index is 13.7. The molecule has 3 heteroatoms. The van der Waals surface area contributed by atoms with Gasteiger partial charge in [-0.3, -0.25) is 4.79 Å². The highest BCUT2D eigenvalue weighted by atomic mass is 16.2. The second-order valence-corrected chi connectivity index (χ2v) is 9.12.